The second-order valence-electron chi connectivity index (χ2n) is 4.82. The molecule has 2 heterocycles. The van der Waals surface area contributed by atoms with E-state index >= 15 is 0 Å². The number of rotatable bonds is 3. The largest absolute Gasteiger partial charge is 0.378 e. The minimum atomic E-state index is 0.365. The van der Waals surface area contributed by atoms with Crippen molar-refractivity contribution in [1.29, 1.82) is 0 Å². The lowest BCUT2D eigenvalue weighted by atomic mass is 9.97. The Balaban J connectivity index is 1.75. The first kappa shape index (κ1) is 12.6. The van der Waals surface area contributed by atoms with E-state index in [9.17, 15) is 0 Å². The average molecular weight is 326 g/mol. The number of halogens is 1. The molecule has 0 N–H and O–H groups in total. The van der Waals surface area contributed by atoms with Gasteiger partial charge in [-0.1, -0.05) is 28.1 Å². The van der Waals surface area contributed by atoms with Crippen LogP contribution < -0.4 is 0 Å². The molecule has 0 saturated carbocycles. The zero-order valence-corrected chi connectivity index (χ0v) is 12.7. The molecule has 1 aliphatic heterocycles. The number of thiazole rings is 1. The highest BCUT2D eigenvalue weighted by Crippen LogP contribution is 2.32. The summed E-state index contributed by atoms with van der Waals surface area (Å²) in [5.74, 6) is 0.608. The van der Waals surface area contributed by atoms with Gasteiger partial charge in [-0.05, 0) is 31.4 Å². The summed E-state index contributed by atoms with van der Waals surface area (Å²) in [6.45, 7) is 3.07. The summed E-state index contributed by atoms with van der Waals surface area (Å²) in [5.41, 5.74) is 1.12. The van der Waals surface area contributed by atoms with Crippen LogP contribution in [-0.2, 0) is 11.2 Å². The Labute approximate surface area is 120 Å². The molecular weight excluding hydrogens is 310 g/mol. The third kappa shape index (κ3) is 2.46. The molecule has 3 unspecified atom stereocenters. The van der Waals surface area contributed by atoms with Crippen LogP contribution in [0.15, 0.2) is 24.3 Å². The Kier molecular flexibility index (Phi) is 3.68. The van der Waals surface area contributed by atoms with Gasteiger partial charge in [0.2, 0.25) is 0 Å². The van der Waals surface area contributed by atoms with Gasteiger partial charge in [-0.2, -0.15) is 0 Å². The van der Waals surface area contributed by atoms with E-state index in [1.54, 1.807) is 11.3 Å². The molecule has 2 aromatic rings. The lowest BCUT2D eigenvalue weighted by Crippen LogP contribution is -2.23. The quantitative estimate of drug-likeness (QED) is 0.795. The summed E-state index contributed by atoms with van der Waals surface area (Å²) in [6, 6.07) is 8.34. The molecule has 1 aliphatic rings. The maximum absolute atomic E-state index is 5.64. The Bertz CT molecular complexity index is 508. The monoisotopic (exact) mass is 325 g/mol. The molecule has 1 fully saturated rings. The molecule has 3 atom stereocenters. The van der Waals surface area contributed by atoms with Gasteiger partial charge >= 0.3 is 0 Å². The normalized spacial score (nSPS) is 25.7. The summed E-state index contributed by atoms with van der Waals surface area (Å²) in [7, 11) is 0. The van der Waals surface area contributed by atoms with Crippen molar-refractivity contribution >= 4 is 37.5 Å². The van der Waals surface area contributed by atoms with Crippen LogP contribution in [0.25, 0.3) is 10.2 Å². The number of hydrogen-bond donors (Lipinski definition) is 0. The molecule has 96 valence electrons. The third-order valence-corrected chi connectivity index (χ3v) is 5.67. The van der Waals surface area contributed by atoms with Gasteiger partial charge in [0.15, 0.2) is 0 Å². The van der Waals surface area contributed by atoms with Crippen LogP contribution in [0.2, 0.25) is 0 Å². The Morgan fingerprint density at radius 2 is 2.33 bits per heavy atom. The van der Waals surface area contributed by atoms with Gasteiger partial charge < -0.3 is 4.74 Å². The van der Waals surface area contributed by atoms with Gasteiger partial charge in [-0.3, -0.25) is 0 Å². The Hall–Kier alpha value is -0.450. The summed E-state index contributed by atoms with van der Waals surface area (Å²) in [4.78, 5) is 5.16. The number of fused-ring (bicyclic) bond motifs is 1. The smallest absolute Gasteiger partial charge is 0.0949 e. The third-order valence-electron chi connectivity index (χ3n) is 3.61. The van der Waals surface area contributed by atoms with Crippen molar-refractivity contribution in [3.63, 3.8) is 0 Å². The van der Waals surface area contributed by atoms with E-state index in [1.165, 1.54) is 9.71 Å². The highest BCUT2D eigenvalue weighted by molar-refractivity contribution is 9.09. The highest BCUT2D eigenvalue weighted by Gasteiger charge is 2.30. The lowest BCUT2D eigenvalue weighted by molar-refractivity contribution is 0.105. The van der Waals surface area contributed by atoms with E-state index < -0.39 is 0 Å². The van der Waals surface area contributed by atoms with Crippen molar-refractivity contribution in [2.24, 2.45) is 5.92 Å². The second kappa shape index (κ2) is 5.27. The van der Waals surface area contributed by atoms with Crippen LogP contribution >= 0.6 is 27.3 Å². The molecule has 4 heteroatoms. The van der Waals surface area contributed by atoms with Gasteiger partial charge in [0.25, 0.3) is 0 Å². The summed E-state index contributed by atoms with van der Waals surface area (Å²) in [6.07, 6.45) is 2.52. The van der Waals surface area contributed by atoms with Gasteiger partial charge in [-0.15, -0.1) is 11.3 Å². The first-order chi connectivity index (χ1) is 8.74. The topological polar surface area (TPSA) is 22.1 Å². The van der Waals surface area contributed by atoms with Gasteiger partial charge in [0.05, 0.1) is 21.3 Å². The SMILES string of the molecule is CC1OCCC1C(Br)Cc1nc2ccccc2s1. The first-order valence-corrected chi connectivity index (χ1v) is 8.07. The van der Waals surface area contributed by atoms with Crippen molar-refractivity contribution in [2.75, 3.05) is 6.61 Å². The van der Waals surface area contributed by atoms with Crippen LogP contribution in [-0.4, -0.2) is 22.5 Å². The molecule has 1 aromatic heterocycles. The fourth-order valence-corrected chi connectivity index (χ4v) is 4.79. The van der Waals surface area contributed by atoms with Gasteiger partial charge in [-0.25, -0.2) is 4.98 Å². The zero-order valence-electron chi connectivity index (χ0n) is 10.3. The zero-order chi connectivity index (χ0) is 12.5. The average Bonchev–Trinajstić information content (AvgIpc) is 2.94. The Morgan fingerprint density at radius 3 is 3.06 bits per heavy atom. The minimum Gasteiger partial charge on any atom is -0.378 e. The van der Waals surface area contributed by atoms with Crippen LogP contribution in [0.1, 0.15) is 18.4 Å². The van der Waals surface area contributed by atoms with Crippen molar-refractivity contribution < 1.29 is 4.74 Å². The lowest BCUT2D eigenvalue weighted by Gasteiger charge is -2.19. The van der Waals surface area contributed by atoms with Crippen LogP contribution in [0.3, 0.4) is 0 Å². The summed E-state index contributed by atoms with van der Waals surface area (Å²) >= 11 is 5.63. The van der Waals surface area contributed by atoms with E-state index in [0.29, 0.717) is 16.8 Å². The van der Waals surface area contributed by atoms with E-state index in [0.717, 1.165) is 25.0 Å². The first-order valence-electron chi connectivity index (χ1n) is 6.34. The predicted octanol–water partition coefficient (Wildman–Crippen LogP) is 4.03. The number of benzene rings is 1. The molecule has 3 rings (SSSR count). The number of alkyl halides is 1. The minimum absolute atomic E-state index is 0.365. The van der Waals surface area contributed by atoms with Crippen LogP contribution in [0.4, 0.5) is 0 Å². The number of hydrogen-bond acceptors (Lipinski definition) is 3. The van der Waals surface area contributed by atoms with Crippen molar-refractivity contribution in [2.45, 2.75) is 30.7 Å². The maximum Gasteiger partial charge on any atom is 0.0949 e. The van der Waals surface area contributed by atoms with Gasteiger partial charge in [0.1, 0.15) is 0 Å². The number of nitrogens with zero attached hydrogens (tertiary/aromatic N) is 1. The fourth-order valence-electron chi connectivity index (χ4n) is 2.55. The molecule has 18 heavy (non-hydrogen) atoms. The molecule has 0 radical (unpaired) electrons. The highest BCUT2D eigenvalue weighted by atomic mass is 79.9. The summed E-state index contributed by atoms with van der Waals surface area (Å²) < 4.78 is 6.92. The molecule has 1 aromatic carbocycles. The van der Waals surface area contributed by atoms with E-state index in [-0.39, 0.29) is 0 Å². The molecule has 1 saturated heterocycles. The number of ether oxygens (including phenoxy) is 1. The van der Waals surface area contributed by atoms with Crippen LogP contribution in [0, 0.1) is 5.92 Å². The molecule has 2 nitrogen and oxygen atoms in total. The molecule has 0 spiro atoms. The van der Waals surface area contributed by atoms with Crippen molar-refractivity contribution in [1.82, 2.24) is 4.98 Å². The number of aromatic nitrogens is 1. The fraction of sp³-hybridized carbons (Fsp3) is 0.500. The summed E-state index contributed by atoms with van der Waals surface area (Å²) in [5, 5.41) is 1.22. The van der Waals surface area contributed by atoms with Crippen molar-refractivity contribution in [3.8, 4) is 0 Å². The predicted molar refractivity (Wildman–Crippen MR) is 79.6 cm³/mol. The standard InChI is InChI=1S/C14H16BrNOS/c1-9-10(6-7-17-9)11(15)8-14-16-12-4-2-3-5-13(12)18-14/h2-5,9-11H,6-8H2,1H3. The number of para-hydroxylation sites is 1. The molecule has 0 bridgehead atoms. The van der Waals surface area contributed by atoms with Crippen molar-refractivity contribution in [3.05, 3.63) is 29.3 Å². The molecule has 0 amide bonds. The molecule has 0 aliphatic carbocycles. The maximum atomic E-state index is 5.64. The van der Waals surface area contributed by atoms with E-state index in [4.69, 9.17) is 9.72 Å². The second-order valence-corrected chi connectivity index (χ2v) is 7.12. The molecular formula is C14H16BrNOS. The van der Waals surface area contributed by atoms with Gasteiger partial charge in [0, 0.05) is 17.9 Å². The van der Waals surface area contributed by atoms with E-state index in [1.807, 2.05) is 6.07 Å². The Morgan fingerprint density at radius 1 is 1.50 bits per heavy atom. The van der Waals surface area contributed by atoms with E-state index in [2.05, 4.69) is 41.1 Å². The van der Waals surface area contributed by atoms with Crippen LogP contribution in [0.5, 0.6) is 0 Å².